The van der Waals surface area contributed by atoms with E-state index in [0.717, 1.165) is 36.3 Å². The summed E-state index contributed by atoms with van der Waals surface area (Å²) in [6.45, 7) is 36.3. The van der Waals surface area contributed by atoms with Gasteiger partial charge in [0.15, 0.2) is 0 Å². The molecule has 0 N–H and O–H groups in total. The Balaban J connectivity index is 1.28. The molecule has 3 nitrogen and oxygen atoms in total. The normalized spacial score (nSPS) is 18.3. The Kier molecular flexibility index (Phi) is 11.2. The standard InChI is InChI=1S/C73H79N3/c1-46-37-56-59(73(14,15)45-72(56,12)13)43-61(46)76-62-39-49(69(5,6)7)31-33-53(62)66-55-42-57-58(71(10,11)36-35-70(57,8)9)44-63(55)75(60-34-32-48(68(2,3)4)38-54(60)47-25-19-16-20-26-47)64-40-52(41-65(76)67(64)66)74(50-27-21-17-22-28-50)51-29-23-18-24-30-51/h16-34,37-44,66H,35-36,45H2,1-15H3. The zero-order chi connectivity index (χ0) is 53.6. The number of para-hydroxylation sites is 2. The van der Waals surface area contributed by atoms with E-state index in [9.17, 15) is 0 Å². The Morgan fingerprint density at radius 1 is 0.408 bits per heavy atom. The van der Waals surface area contributed by atoms with E-state index in [-0.39, 0.29) is 38.4 Å². The molecule has 1 atom stereocenters. The first-order chi connectivity index (χ1) is 35.8. The van der Waals surface area contributed by atoms with E-state index < -0.39 is 0 Å². The third-order valence-corrected chi connectivity index (χ3v) is 18.3. The van der Waals surface area contributed by atoms with Crippen LogP contribution in [0.5, 0.6) is 0 Å². The van der Waals surface area contributed by atoms with Crippen molar-refractivity contribution in [3.63, 3.8) is 0 Å². The van der Waals surface area contributed by atoms with Crippen LogP contribution in [0.4, 0.5) is 51.2 Å². The van der Waals surface area contributed by atoms with Gasteiger partial charge in [-0.3, -0.25) is 0 Å². The summed E-state index contributed by atoms with van der Waals surface area (Å²) in [7, 11) is 0. The van der Waals surface area contributed by atoms with E-state index in [1.165, 1.54) is 101 Å². The van der Waals surface area contributed by atoms with E-state index in [1.807, 2.05) is 0 Å². The molecule has 12 rings (SSSR count). The van der Waals surface area contributed by atoms with Crippen LogP contribution in [0.25, 0.3) is 11.1 Å². The molecule has 2 heterocycles. The summed E-state index contributed by atoms with van der Waals surface area (Å²) in [6.07, 6.45) is 3.40. The van der Waals surface area contributed by atoms with Crippen LogP contribution in [0.3, 0.4) is 0 Å². The molecule has 3 heteroatoms. The molecule has 0 aromatic heterocycles. The van der Waals surface area contributed by atoms with Crippen LogP contribution in [0.1, 0.15) is 178 Å². The molecule has 0 bridgehead atoms. The van der Waals surface area contributed by atoms with Gasteiger partial charge in [-0.25, -0.2) is 0 Å². The molecule has 2 aliphatic heterocycles. The number of benzene rings is 8. The average Bonchev–Trinajstić information content (AvgIpc) is 3.66. The van der Waals surface area contributed by atoms with Gasteiger partial charge in [0.25, 0.3) is 0 Å². The summed E-state index contributed by atoms with van der Waals surface area (Å²) in [6, 6.07) is 63.7. The molecule has 0 radical (unpaired) electrons. The van der Waals surface area contributed by atoms with Crippen molar-refractivity contribution in [1.82, 2.24) is 0 Å². The van der Waals surface area contributed by atoms with E-state index in [0.29, 0.717) is 0 Å². The first-order valence-electron chi connectivity index (χ1n) is 28.2. The smallest absolute Gasteiger partial charge is 0.0545 e. The summed E-state index contributed by atoms with van der Waals surface area (Å²) in [4.78, 5) is 7.91. The fourth-order valence-corrected chi connectivity index (χ4v) is 14.2. The van der Waals surface area contributed by atoms with Gasteiger partial charge in [0.05, 0.1) is 34.1 Å². The quantitative estimate of drug-likeness (QED) is 0.164. The maximum atomic E-state index is 2.71. The van der Waals surface area contributed by atoms with Gasteiger partial charge in [-0.2, -0.15) is 0 Å². The van der Waals surface area contributed by atoms with Crippen LogP contribution in [0.15, 0.2) is 164 Å². The molecule has 4 aliphatic rings. The zero-order valence-corrected chi connectivity index (χ0v) is 48.1. The molecule has 2 aliphatic carbocycles. The van der Waals surface area contributed by atoms with Crippen molar-refractivity contribution in [1.29, 1.82) is 0 Å². The second-order valence-corrected chi connectivity index (χ2v) is 27.7. The van der Waals surface area contributed by atoms with Crippen molar-refractivity contribution < 1.29 is 0 Å². The highest BCUT2D eigenvalue weighted by molar-refractivity contribution is 6.02. The lowest BCUT2D eigenvalue weighted by molar-refractivity contribution is 0.331. The average molecular weight is 998 g/mol. The molecular formula is C73H79N3. The molecule has 0 saturated carbocycles. The molecule has 8 aromatic carbocycles. The van der Waals surface area contributed by atoms with Gasteiger partial charge < -0.3 is 14.7 Å². The lowest BCUT2D eigenvalue weighted by atomic mass is 9.61. The minimum atomic E-state index is -0.0760. The minimum Gasteiger partial charge on any atom is -0.310 e. The van der Waals surface area contributed by atoms with Gasteiger partial charge in [-0.05, 0) is 181 Å². The molecule has 0 spiro atoms. The zero-order valence-electron chi connectivity index (χ0n) is 48.1. The fraction of sp³-hybridized carbons (Fsp3) is 0.342. The molecule has 0 saturated heterocycles. The Hall–Kier alpha value is -6.84. The Morgan fingerprint density at radius 2 is 0.868 bits per heavy atom. The van der Waals surface area contributed by atoms with Crippen molar-refractivity contribution in [2.75, 3.05) is 14.7 Å². The topological polar surface area (TPSA) is 9.72 Å². The minimum absolute atomic E-state index is 0.00877. The number of anilines is 9. The number of nitrogens with zero attached hydrogens (tertiary/aromatic N) is 3. The summed E-state index contributed by atoms with van der Waals surface area (Å²) in [5, 5.41) is 0. The van der Waals surface area contributed by atoms with E-state index >= 15 is 0 Å². The van der Waals surface area contributed by atoms with Crippen LogP contribution in [0.2, 0.25) is 0 Å². The van der Waals surface area contributed by atoms with Crippen LogP contribution < -0.4 is 14.7 Å². The second-order valence-electron chi connectivity index (χ2n) is 27.7. The van der Waals surface area contributed by atoms with Crippen LogP contribution in [-0.2, 0) is 32.5 Å². The van der Waals surface area contributed by atoms with Crippen molar-refractivity contribution in [2.45, 2.75) is 162 Å². The molecule has 8 aromatic rings. The summed E-state index contributed by atoms with van der Waals surface area (Å²) in [5.74, 6) is -0.0438. The number of fused-ring (bicyclic) bond motifs is 6. The largest absolute Gasteiger partial charge is 0.310 e. The maximum absolute atomic E-state index is 2.71. The second kappa shape index (κ2) is 17.1. The molecule has 386 valence electrons. The van der Waals surface area contributed by atoms with E-state index in [4.69, 9.17) is 0 Å². The molecular weight excluding hydrogens is 919 g/mol. The third kappa shape index (κ3) is 7.96. The van der Waals surface area contributed by atoms with Gasteiger partial charge in [0, 0.05) is 34.1 Å². The van der Waals surface area contributed by atoms with Crippen LogP contribution >= 0.6 is 0 Å². The van der Waals surface area contributed by atoms with Crippen molar-refractivity contribution in [2.24, 2.45) is 0 Å². The fourth-order valence-electron chi connectivity index (χ4n) is 14.2. The number of hydrogen-bond acceptors (Lipinski definition) is 3. The first kappa shape index (κ1) is 50.0. The van der Waals surface area contributed by atoms with Crippen LogP contribution in [0, 0.1) is 6.92 Å². The van der Waals surface area contributed by atoms with E-state index in [1.54, 1.807) is 0 Å². The van der Waals surface area contributed by atoms with Gasteiger partial charge in [0.1, 0.15) is 0 Å². The SMILES string of the molecule is Cc1cc2c(cc1N1c3cc(C(C)(C)C)ccc3C3c4cc5c(cc4N(c4ccc(C(C)(C)C)cc4-c4ccccc4)c4cc(N(c6ccccc6)c6ccccc6)cc1c43)C(C)(C)CCC5(C)C)C(C)(C)CC2(C)C. The Labute approximate surface area is 455 Å². The molecule has 0 fully saturated rings. The van der Waals surface area contributed by atoms with Crippen molar-refractivity contribution >= 4 is 51.2 Å². The molecule has 1 unspecified atom stereocenters. The highest BCUT2D eigenvalue weighted by Gasteiger charge is 2.48. The summed E-state index contributed by atoms with van der Waals surface area (Å²) >= 11 is 0. The molecule has 76 heavy (non-hydrogen) atoms. The highest BCUT2D eigenvalue weighted by atomic mass is 15.2. The number of aryl methyl sites for hydroxylation is 1. The Morgan fingerprint density at radius 3 is 1.43 bits per heavy atom. The van der Waals surface area contributed by atoms with Gasteiger partial charge in [-0.15, -0.1) is 0 Å². The van der Waals surface area contributed by atoms with Gasteiger partial charge >= 0.3 is 0 Å². The lowest BCUT2D eigenvalue weighted by Gasteiger charge is -2.49. The monoisotopic (exact) mass is 998 g/mol. The number of rotatable bonds is 6. The molecule has 0 amide bonds. The lowest BCUT2D eigenvalue weighted by Crippen LogP contribution is -2.36. The summed E-state index contributed by atoms with van der Waals surface area (Å²) < 4.78 is 0. The highest BCUT2D eigenvalue weighted by Crippen LogP contribution is 2.65. The maximum Gasteiger partial charge on any atom is 0.0545 e. The number of hydrogen-bond donors (Lipinski definition) is 0. The third-order valence-electron chi connectivity index (χ3n) is 18.3. The van der Waals surface area contributed by atoms with Crippen molar-refractivity contribution in [3.05, 3.63) is 219 Å². The predicted molar refractivity (Wildman–Crippen MR) is 325 cm³/mol. The summed E-state index contributed by atoms with van der Waals surface area (Å²) in [5.41, 5.74) is 27.1. The van der Waals surface area contributed by atoms with Crippen LogP contribution in [-0.4, -0.2) is 0 Å². The predicted octanol–water partition coefficient (Wildman–Crippen LogP) is 20.8. The van der Waals surface area contributed by atoms with Gasteiger partial charge in [-0.1, -0.05) is 194 Å². The van der Waals surface area contributed by atoms with Crippen molar-refractivity contribution in [3.8, 4) is 11.1 Å². The Bertz CT molecular complexity index is 3560. The van der Waals surface area contributed by atoms with Gasteiger partial charge in [0.2, 0.25) is 0 Å². The van der Waals surface area contributed by atoms with E-state index in [2.05, 4.69) is 282 Å². The first-order valence-corrected chi connectivity index (χ1v) is 28.2.